The number of H-pyrrole nitrogens is 1. The van der Waals surface area contributed by atoms with Gasteiger partial charge in [-0.15, -0.1) is 11.8 Å². The molecule has 0 radical (unpaired) electrons. The summed E-state index contributed by atoms with van der Waals surface area (Å²) in [6.45, 7) is 5.95. The summed E-state index contributed by atoms with van der Waals surface area (Å²) in [5.41, 5.74) is 8.59. The number of anilines is 1. The molecule has 15 amide bonds. The molecule has 9 rings (SSSR count). The highest BCUT2D eigenvalue weighted by Gasteiger charge is 2.44. The third-order valence-electron chi connectivity index (χ3n) is 22.3. The summed E-state index contributed by atoms with van der Waals surface area (Å²) in [5.74, 6) is -19.1. The van der Waals surface area contributed by atoms with Crippen molar-refractivity contribution in [3.63, 3.8) is 0 Å². The van der Waals surface area contributed by atoms with Gasteiger partial charge >= 0.3 is 5.97 Å². The van der Waals surface area contributed by atoms with Crippen molar-refractivity contribution in [2.24, 2.45) is 17.6 Å². The number of aliphatic carboxylic acids is 1. The van der Waals surface area contributed by atoms with Crippen molar-refractivity contribution in [1.29, 1.82) is 0 Å². The van der Waals surface area contributed by atoms with Crippen LogP contribution in [0.2, 0.25) is 0 Å². The topological polar surface area (TPSA) is 500 Å². The van der Waals surface area contributed by atoms with E-state index in [-0.39, 0.29) is 80.0 Å². The van der Waals surface area contributed by atoms with Gasteiger partial charge in [0.2, 0.25) is 88.6 Å². The molecule has 15 N–H and O–H groups in total. The fraction of sp³-hybridized carbons (Fsp3) is 0.413. The summed E-state index contributed by atoms with van der Waals surface area (Å²) in [6, 6.07) is 21.4. The molecule has 3 heterocycles. The second kappa shape index (κ2) is 46.6. The first kappa shape index (κ1) is 99.0. The molecule has 1 saturated heterocycles. The Bertz CT molecular complexity index is 5220. The molecule has 688 valence electrons. The van der Waals surface area contributed by atoms with E-state index >= 15 is 42.7 Å². The van der Waals surface area contributed by atoms with Crippen LogP contribution in [0.1, 0.15) is 100 Å². The van der Waals surface area contributed by atoms with Crippen molar-refractivity contribution >= 4 is 123 Å². The minimum atomic E-state index is -1.92. The normalized spacial score (nSPS) is 22.2. The van der Waals surface area contributed by atoms with E-state index in [1.165, 1.54) is 82.8 Å². The van der Waals surface area contributed by atoms with E-state index in [0.29, 0.717) is 51.6 Å². The number of aromatic amines is 1. The van der Waals surface area contributed by atoms with E-state index in [1.807, 2.05) is 6.92 Å². The van der Waals surface area contributed by atoms with Gasteiger partial charge in [-0.25, -0.2) is 4.39 Å². The molecule has 0 saturated carbocycles. The van der Waals surface area contributed by atoms with Gasteiger partial charge in [0.1, 0.15) is 90.3 Å². The van der Waals surface area contributed by atoms with Crippen molar-refractivity contribution in [2.45, 2.75) is 172 Å². The molecule has 35 nitrogen and oxygen atoms in total. The molecule has 1 fully saturated rings. The lowest BCUT2D eigenvalue weighted by atomic mass is 9.95. The Morgan fingerprint density at radius 2 is 1.09 bits per heavy atom. The Labute approximate surface area is 750 Å². The first-order valence-electron chi connectivity index (χ1n) is 42.5. The molecule has 129 heavy (non-hydrogen) atoms. The van der Waals surface area contributed by atoms with Crippen LogP contribution in [0.15, 0.2) is 158 Å². The lowest BCUT2D eigenvalue weighted by Crippen LogP contribution is -2.62. The third kappa shape index (κ3) is 28.1. The van der Waals surface area contributed by atoms with E-state index < -0.39 is 210 Å². The maximum Gasteiger partial charge on any atom is 0.305 e. The number of hydrogen-bond donors (Lipinski definition) is 14. The lowest BCUT2D eigenvalue weighted by molar-refractivity contribution is -0.151. The molecule has 2 bridgehead atoms. The first-order valence-corrected chi connectivity index (χ1v) is 43.6. The van der Waals surface area contributed by atoms with Gasteiger partial charge in [0, 0.05) is 95.6 Å². The predicted molar refractivity (Wildman–Crippen MR) is 477 cm³/mol. The Morgan fingerprint density at radius 1 is 0.527 bits per heavy atom. The minimum Gasteiger partial charge on any atom is -0.508 e. The van der Waals surface area contributed by atoms with Gasteiger partial charge in [-0.2, -0.15) is 0 Å². The number of carboxylic acid groups (broad SMARTS) is 1. The smallest absolute Gasteiger partial charge is 0.305 e. The van der Waals surface area contributed by atoms with Gasteiger partial charge in [-0.1, -0.05) is 157 Å². The van der Waals surface area contributed by atoms with Crippen LogP contribution in [0, 0.1) is 17.7 Å². The van der Waals surface area contributed by atoms with E-state index in [2.05, 4.69) is 52.8 Å². The number of halogens is 1. The van der Waals surface area contributed by atoms with Crippen LogP contribution in [0.3, 0.4) is 0 Å². The maximum absolute atomic E-state index is 15.5. The van der Waals surface area contributed by atoms with Crippen LogP contribution >= 0.6 is 11.8 Å². The molecule has 0 spiro atoms. The standard InChI is InChI=1S/C92H113FN16O19S/c1-10-11-29-72-90(126)105(6)48-77(113)98-68(45-80(116)117)86(122)104-81(53(4)5)92(128)107(8)74(40-54-21-14-12-15-22-54)87(123)102-70-42-58-32-35-62(111)44-73(58)109(89(70)125)49-78(114)97-67(43-59-46-95-64-28-19-18-27-63(59)64)85(121)101-66(38-56-30-33-61(110)34-31-56)84(120)100-65(36-52(2)3)83(119)103-71(82(118)96-47-76(94)112)50-129-51-79(115)99-69(39-57-25-20-26-60(93)37-57)88(124)108(9)75(91(127)106(72)7)41-55-23-16-13-17-24-55/h12-28,30-35,37,44,46,52-53,65-72,74-75,81,95,110-111H,10-11,29,36,38-43,45,47-51H2,1-9H3,(H2,94,112)(H,96,118)(H,97,114)(H,98,113)(H,99,115)(H,100,120)(H,101,121)(H,102,123)(H,103,119)(H,104,122)(H,116,117)/t65-,66?,67-,68-,69-,70-,71-,72-,74-,75-,81-/m0/s1. The summed E-state index contributed by atoms with van der Waals surface area (Å²) in [7, 11) is 5.14. The Balaban J connectivity index is 1.12. The zero-order valence-electron chi connectivity index (χ0n) is 73.3. The number of carboxylic acids is 1. The Kier molecular flexibility index (Phi) is 35.8. The van der Waals surface area contributed by atoms with Gasteiger partial charge in [0.25, 0.3) is 0 Å². The Hall–Kier alpha value is -13.7. The number of fused-ring (bicyclic) bond motifs is 5. The summed E-state index contributed by atoms with van der Waals surface area (Å²) >= 11 is 0.770. The highest BCUT2D eigenvalue weighted by molar-refractivity contribution is 8.00. The second-order valence-corrected chi connectivity index (χ2v) is 34.1. The van der Waals surface area contributed by atoms with Gasteiger partial charge < -0.3 is 98.4 Å². The zero-order valence-corrected chi connectivity index (χ0v) is 74.1. The number of thioether (sulfide) groups is 1. The molecule has 1 unspecified atom stereocenters. The monoisotopic (exact) mass is 1800 g/mol. The second-order valence-electron chi connectivity index (χ2n) is 33.1. The summed E-state index contributed by atoms with van der Waals surface area (Å²) in [6.07, 6.45) is -0.361. The third-order valence-corrected chi connectivity index (χ3v) is 23.4. The highest BCUT2D eigenvalue weighted by Crippen LogP contribution is 2.33. The number of carbonyl (C=O) groups is 16. The number of carbonyl (C=O) groups excluding carboxylic acids is 15. The van der Waals surface area contributed by atoms with Crippen LogP contribution in [0.5, 0.6) is 11.5 Å². The lowest BCUT2D eigenvalue weighted by Gasteiger charge is -2.37. The number of rotatable bonds is 21. The van der Waals surface area contributed by atoms with Crippen LogP contribution in [-0.4, -0.2) is 260 Å². The average Bonchev–Trinajstić information content (AvgIpc) is 1.23. The number of nitrogens with two attached hydrogens (primary N) is 1. The van der Waals surface area contributed by atoms with Crippen molar-refractivity contribution < 1.29 is 96.4 Å². The van der Waals surface area contributed by atoms with Gasteiger partial charge in [-0.05, 0) is 94.5 Å². The zero-order chi connectivity index (χ0) is 94.0. The number of unbranched alkanes of at least 4 members (excludes halogenated alkanes) is 1. The fourth-order valence-corrected chi connectivity index (χ4v) is 16.2. The van der Waals surface area contributed by atoms with Gasteiger partial charge in [-0.3, -0.25) is 76.7 Å². The van der Waals surface area contributed by atoms with Crippen LogP contribution in [0.4, 0.5) is 10.1 Å². The summed E-state index contributed by atoms with van der Waals surface area (Å²) in [4.78, 5) is 243. The number of phenolic OH excluding ortho intramolecular Hbond substituents is 2. The van der Waals surface area contributed by atoms with Crippen LogP contribution in [0.25, 0.3) is 10.9 Å². The molecule has 2 aliphatic heterocycles. The molecule has 0 aliphatic carbocycles. The van der Waals surface area contributed by atoms with E-state index in [4.69, 9.17) is 5.73 Å². The van der Waals surface area contributed by atoms with Crippen LogP contribution < -0.4 is 58.5 Å². The first-order chi connectivity index (χ1) is 61.4. The number of para-hydroxylation sites is 1. The molecule has 1 aromatic heterocycles. The Morgan fingerprint density at radius 3 is 1.72 bits per heavy atom. The fourth-order valence-electron chi connectivity index (χ4n) is 15.4. The number of nitrogens with zero attached hydrogens (tertiary/aromatic N) is 5. The molecular weight excluding hydrogens is 1680 g/mol. The molecule has 11 atom stereocenters. The SMILES string of the molecule is CCCC[C@H]1C(=O)N(C)CC(=O)N[C@@H](CC(=O)O)C(=O)N[C@@H](C(C)C)C(=O)N(C)[C@@H](Cc2ccccc2)C(=O)N[C@H]2Cc3ccc(O)cc3N(CC(=O)N[C@@H](Cc3c[nH]c4ccccc34)C(=O)NC(Cc3ccc(O)cc3)C(=O)N[C@@H](CC(C)C)C(=O)N[C@H](C(=O)NCC(N)=O)CSCC(=O)N[C@@H](Cc3cccc(F)c3)C(=O)N(C)[C@@H](Cc3ccccc3)C(=O)N1C)C2=O. The van der Waals surface area contributed by atoms with E-state index in [0.717, 1.165) is 48.4 Å². The highest BCUT2D eigenvalue weighted by atomic mass is 32.2. The number of aromatic hydroxyl groups is 2. The molecule has 37 heteroatoms. The number of phenols is 2. The largest absolute Gasteiger partial charge is 0.508 e. The number of likely N-dealkylation sites (N-methyl/N-ethyl adjacent to an activating group) is 4. The van der Waals surface area contributed by atoms with Crippen molar-refractivity contribution in [3.8, 4) is 11.5 Å². The number of aromatic nitrogens is 1. The van der Waals surface area contributed by atoms with E-state index in [9.17, 15) is 53.7 Å². The van der Waals surface area contributed by atoms with Crippen molar-refractivity contribution in [1.82, 2.24) is 72.4 Å². The van der Waals surface area contributed by atoms with Crippen molar-refractivity contribution in [2.75, 3.05) is 64.2 Å². The average molecular weight is 1800 g/mol. The molecule has 7 aromatic rings. The summed E-state index contributed by atoms with van der Waals surface area (Å²) < 4.78 is 15.1. The van der Waals surface area contributed by atoms with Gasteiger partial charge in [0.05, 0.1) is 31.0 Å². The minimum absolute atomic E-state index is 0.00416. The number of benzene rings is 6. The quantitative estimate of drug-likeness (QED) is 0.0491. The van der Waals surface area contributed by atoms with E-state index in [1.54, 1.807) is 119 Å². The summed E-state index contributed by atoms with van der Waals surface area (Å²) in [5, 5.41) is 55.9. The maximum atomic E-state index is 15.5. The molecule has 6 aromatic carbocycles. The van der Waals surface area contributed by atoms with Gasteiger partial charge in [0.15, 0.2) is 0 Å². The van der Waals surface area contributed by atoms with Crippen LogP contribution in [-0.2, 0) is 115 Å². The number of amides is 15. The number of nitrogens with one attached hydrogen (secondary N) is 10. The predicted octanol–water partition coefficient (Wildman–Crippen LogP) is 2.35. The van der Waals surface area contributed by atoms with Crippen molar-refractivity contribution in [3.05, 3.63) is 197 Å². The number of primary amides is 1. The molecular formula is C92H113FN16O19S. The molecule has 2 aliphatic rings. The number of hydrogen-bond acceptors (Lipinski definition) is 19.